The van der Waals surface area contributed by atoms with Crippen molar-refractivity contribution >= 4 is 16.9 Å². The number of nitrogens with two attached hydrogens (primary N) is 1. The molecule has 3 aromatic rings. The lowest BCUT2D eigenvalue weighted by molar-refractivity contribution is 0.113. The van der Waals surface area contributed by atoms with Gasteiger partial charge in [-0.1, -0.05) is 30.3 Å². The number of aryl methyl sites for hydroxylation is 2. The third-order valence-corrected chi connectivity index (χ3v) is 3.65. The first-order valence-corrected chi connectivity index (χ1v) is 7.37. The predicted octanol–water partition coefficient (Wildman–Crippen LogP) is 2.85. The van der Waals surface area contributed by atoms with E-state index in [4.69, 9.17) is 10.5 Å². The van der Waals surface area contributed by atoms with Crippen molar-refractivity contribution in [2.45, 2.75) is 27.0 Å². The quantitative estimate of drug-likeness (QED) is 0.735. The number of hydrogen-bond acceptors (Lipinski definition) is 4. The molecule has 0 unspecified atom stereocenters. The van der Waals surface area contributed by atoms with Crippen LogP contribution in [0.3, 0.4) is 0 Å². The first kappa shape index (κ1) is 14.5. The molecule has 0 saturated heterocycles. The minimum absolute atomic E-state index is 0.488. The molecule has 0 aliphatic heterocycles. The van der Waals surface area contributed by atoms with Crippen molar-refractivity contribution in [1.82, 2.24) is 14.5 Å². The van der Waals surface area contributed by atoms with Crippen molar-refractivity contribution in [2.24, 2.45) is 0 Å². The van der Waals surface area contributed by atoms with Gasteiger partial charge in [0, 0.05) is 12.2 Å². The van der Waals surface area contributed by atoms with Gasteiger partial charge in [0.2, 0.25) is 0 Å². The van der Waals surface area contributed by atoms with E-state index in [9.17, 15) is 0 Å². The zero-order chi connectivity index (χ0) is 15.5. The second kappa shape index (κ2) is 6.15. The first-order valence-electron chi connectivity index (χ1n) is 7.37. The summed E-state index contributed by atoms with van der Waals surface area (Å²) >= 11 is 0. The Morgan fingerprint density at radius 3 is 2.68 bits per heavy atom. The first-order chi connectivity index (χ1) is 10.6. The summed E-state index contributed by atoms with van der Waals surface area (Å²) in [7, 11) is 0. The van der Waals surface area contributed by atoms with E-state index in [1.165, 1.54) is 5.56 Å². The normalized spacial score (nSPS) is 11.2. The average molecular weight is 296 g/mol. The van der Waals surface area contributed by atoms with E-state index in [2.05, 4.69) is 26.7 Å². The summed E-state index contributed by atoms with van der Waals surface area (Å²) in [6, 6.07) is 12.2. The topological polar surface area (TPSA) is 66.0 Å². The molecule has 5 heteroatoms. The van der Waals surface area contributed by atoms with Crippen LogP contribution >= 0.6 is 0 Å². The zero-order valence-corrected chi connectivity index (χ0v) is 12.9. The van der Waals surface area contributed by atoms with Crippen molar-refractivity contribution in [3.8, 4) is 0 Å². The number of fused-ring (bicyclic) bond motifs is 1. The maximum atomic E-state index is 5.95. The van der Waals surface area contributed by atoms with Crippen LogP contribution in [0.25, 0.3) is 11.0 Å². The van der Waals surface area contributed by atoms with Gasteiger partial charge in [-0.05, 0) is 25.5 Å². The lowest BCUT2D eigenvalue weighted by atomic mass is 10.2. The third kappa shape index (κ3) is 2.94. The van der Waals surface area contributed by atoms with E-state index in [1.54, 1.807) is 0 Å². The van der Waals surface area contributed by atoms with Gasteiger partial charge in [-0.3, -0.25) is 0 Å². The standard InChI is InChI=1S/C17H20N4O/c1-12-10-15-16(17(18)19-12)20-13(2)21(15)8-9-22-11-14-6-4-3-5-7-14/h3-7,10H,8-9,11H2,1-2H3,(H2,18,19). The Kier molecular flexibility index (Phi) is 4.06. The van der Waals surface area contributed by atoms with Crippen LogP contribution < -0.4 is 5.73 Å². The number of nitrogens with zero attached hydrogens (tertiary/aromatic N) is 3. The molecule has 3 rings (SSSR count). The predicted molar refractivity (Wildman–Crippen MR) is 87.5 cm³/mol. The van der Waals surface area contributed by atoms with Crippen molar-refractivity contribution in [3.05, 3.63) is 53.5 Å². The van der Waals surface area contributed by atoms with Crippen LogP contribution in [0.5, 0.6) is 0 Å². The Balaban J connectivity index is 1.70. The lowest BCUT2D eigenvalue weighted by Gasteiger charge is -2.08. The SMILES string of the molecule is Cc1cc2c(nc(C)n2CCOCc2ccccc2)c(N)n1. The summed E-state index contributed by atoms with van der Waals surface area (Å²) < 4.78 is 7.89. The number of imidazole rings is 1. The van der Waals surface area contributed by atoms with E-state index in [-0.39, 0.29) is 0 Å². The molecular formula is C17H20N4O. The van der Waals surface area contributed by atoms with Crippen LogP contribution in [0.2, 0.25) is 0 Å². The van der Waals surface area contributed by atoms with Crippen LogP contribution in [0.1, 0.15) is 17.1 Å². The van der Waals surface area contributed by atoms with E-state index in [0.29, 0.717) is 19.0 Å². The van der Waals surface area contributed by atoms with E-state index >= 15 is 0 Å². The Morgan fingerprint density at radius 1 is 1.14 bits per heavy atom. The number of aromatic nitrogens is 3. The molecule has 0 amide bonds. The molecule has 0 fully saturated rings. The van der Waals surface area contributed by atoms with E-state index < -0.39 is 0 Å². The van der Waals surface area contributed by atoms with Gasteiger partial charge in [-0.15, -0.1) is 0 Å². The Bertz CT molecular complexity index is 780. The van der Waals surface area contributed by atoms with Crippen molar-refractivity contribution in [2.75, 3.05) is 12.3 Å². The smallest absolute Gasteiger partial charge is 0.151 e. The third-order valence-electron chi connectivity index (χ3n) is 3.65. The van der Waals surface area contributed by atoms with E-state index in [1.807, 2.05) is 38.1 Å². The molecule has 114 valence electrons. The molecule has 0 aliphatic carbocycles. The molecule has 2 heterocycles. The summed E-state index contributed by atoms with van der Waals surface area (Å²) in [5.41, 5.74) is 9.82. The van der Waals surface area contributed by atoms with E-state index in [0.717, 1.165) is 29.1 Å². The number of pyridine rings is 1. The maximum absolute atomic E-state index is 5.95. The number of anilines is 1. The van der Waals surface area contributed by atoms with Crippen molar-refractivity contribution in [1.29, 1.82) is 0 Å². The largest absolute Gasteiger partial charge is 0.382 e. The molecule has 22 heavy (non-hydrogen) atoms. The number of hydrogen-bond donors (Lipinski definition) is 1. The molecule has 0 atom stereocenters. The second-order valence-corrected chi connectivity index (χ2v) is 5.37. The summed E-state index contributed by atoms with van der Waals surface area (Å²) in [6.07, 6.45) is 0. The summed E-state index contributed by atoms with van der Waals surface area (Å²) in [5.74, 6) is 1.42. The van der Waals surface area contributed by atoms with Gasteiger partial charge in [0.15, 0.2) is 5.82 Å². The molecule has 2 aromatic heterocycles. The molecule has 0 radical (unpaired) electrons. The number of ether oxygens (including phenoxy) is 1. The summed E-state index contributed by atoms with van der Waals surface area (Å²) in [5, 5.41) is 0. The molecule has 5 nitrogen and oxygen atoms in total. The number of benzene rings is 1. The van der Waals surface area contributed by atoms with Gasteiger partial charge in [-0.2, -0.15) is 0 Å². The van der Waals surface area contributed by atoms with Crippen LogP contribution in [0.15, 0.2) is 36.4 Å². The maximum Gasteiger partial charge on any atom is 0.151 e. The molecule has 2 N–H and O–H groups in total. The van der Waals surface area contributed by atoms with Crippen LogP contribution in [-0.4, -0.2) is 21.1 Å². The zero-order valence-electron chi connectivity index (χ0n) is 12.9. The molecule has 0 saturated carbocycles. The molecule has 1 aromatic carbocycles. The fourth-order valence-corrected chi connectivity index (χ4v) is 2.59. The Labute approximate surface area is 129 Å². The van der Waals surface area contributed by atoms with Gasteiger partial charge >= 0.3 is 0 Å². The highest BCUT2D eigenvalue weighted by Gasteiger charge is 2.11. The average Bonchev–Trinajstić information content (AvgIpc) is 2.81. The van der Waals surface area contributed by atoms with Gasteiger partial charge in [0.1, 0.15) is 11.3 Å². The fraction of sp³-hybridized carbons (Fsp3) is 0.294. The molecule has 0 aliphatic rings. The van der Waals surface area contributed by atoms with Crippen LogP contribution in [0, 0.1) is 13.8 Å². The number of rotatable bonds is 5. The molecule has 0 bridgehead atoms. The van der Waals surface area contributed by atoms with Gasteiger partial charge in [0.05, 0.1) is 18.7 Å². The van der Waals surface area contributed by atoms with Crippen LogP contribution in [0.4, 0.5) is 5.82 Å². The minimum Gasteiger partial charge on any atom is -0.382 e. The monoisotopic (exact) mass is 296 g/mol. The lowest BCUT2D eigenvalue weighted by Crippen LogP contribution is -2.08. The second-order valence-electron chi connectivity index (χ2n) is 5.37. The molecular weight excluding hydrogens is 276 g/mol. The van der Waals surface area contributed by atoms with Crippen LogP contribution in [-0.2, 0) is 17.9 Å². The Hall–Kier alpha value is -2.40. The highest BCUT2D eigenvalue weighted by molar-refractivity contribution is 5.85. The van der Waals surface area contributed by atoms with Crippen molar-refractivity contribution in [3.63, 3.8) is 0 Å². The van der Waals surface area contributed by atoms with Gasteiger partial charge in [0.25, 0.3) is 0 Å². The summed E-state index contributed by atoms with van der Waals surface area (Å²) in [6.45, 7) is 5.91. The molecule has 0 spiro atoms. The van der Waals surface area contributed by atoms with Gasteiger partial charge < -0.3 is 15.0 Å². The van der Waals surface area contributed by atoms with Gasteiger partial charge in [-0.25, -0.2) is 9.97 Å². The highest BCUT2D eigenvalue weighted by atomic mass is 16.5. The fourth-order valence-electron chi connectivity index (χ4n) is 2.59. The number of nitrogen functional groups attached to an aromatic ring is 1. The van der Waals surface area contributed by atoms with Crippen molar-refractivity contribution < 1.29 is 4.74 Å². The summed E-state index contributed by atoms with van der Waals surface area (Å²) in [4.78, 5) is 8.77. The minimum atomic E-state index is 0.488. The Morgan fingerprint density at radius 2 is 1.91 bits per heavy atom. The highest BCUT2D eigenvalue weighted by Crippen LogP contribution is 2.21.